The van der Waals surface area contributed by atoms with Crippen molar-refractivity contribution >= 4 is 35.2 Å². The molecule has 47 heavy (non-hydrogen) atoms. The van der Waals surface area contributed by atoms with Crippen molar-refractivity contribution in [2.45, 2.75) is 85.6 Å². The number of hydrogen-bond donors (Lipinski definition) is 0. The molecule has 0 aliphatic carbocycles. The summed E-state index contributed by atoms with van der Waals surface area (Å²) in [5.41, 5.74) is 0.574. The molecule has 1 atom stereocenters. The third-order valence-electron chi connectivity index (χ3n) is 7.12. The van der Waals surface area contributed by atoms with E-state index in [-0.39, 0.29) is 38.9 Å². The number of amides is 3. The van der Waals surface area contributed by atoms with Crippen molar-refractivity contribution in [2.24, 2.45) is 0 Å². The predicted molar refractivity (Wildman–Crippen MR) is 179 cm³/mol. The molecule has 0 fully saturated rings. The first-order valence-corrected chi connectivity index (χ1v) is 16.7. The van der Waals surface area contributed by atoms with Crippen LogP contribution in [-0.4, -0.2) is 96.2 Å². The van der Waals surface area contributed by atoms with E-state index >= 15 is 0 Å². The van der Waals surface area contributed by atoms with Gasteiger partial charge in [-0.25, -0.2) is 9.59 Å². The van der Waals surface area contributed by atoms with Crippen LogP contribution in [-0.2, 0) is 30.3 Å². The Labute approximate surface area is 282 Å². The van der Waals surface area contributed by atoms with Gasteiger partial charge in [0.1, 0.15) is 5.60 Å². The molecule has 0 saturated carbocycles. The van der Waals surface area contributed by atoms with Gasteiger partial charge in [-0.15, -0.1) is 11.3 Å². The average Bonchev–Trinajstić information content (AvgIpc) is 3.51. The van der Waals surface area contributed by atoms with Gasteiger partial charge in [0.2, 0.25) is 0 Å². The molecule has 0 saturated heterocycles. The van der Waals surface area contributed by atoms with Crippen LogP contribution in [0, 0.1) is 11.8 Å². The van der Waals surface area contributed by atoms with Crippen LogP contribution in [0.1, 0.15) is 77.4 Å². The highest BCUT2D eigenvalue weighted by atomic mass is 32.1. The number of fused-ring (bicyclic) bond motifs is 1. The van der Waals surface area contributed by atoms with Crippen LogP contribution in [0.25, 0.3) is 0 Å². The van der Waals surface area contributed by atoms with Crippen molar-refractivity contribution in [3.8, 4) is 23.3 Å². The average molecular weight is 670 g/mol. The number of thiophene rings is 1. The van der Waals surface area contributed by atoms with Gasteiger partial charge in [-0.2, -0.15) is 0 Å². The van der Waals surface area contributed by atoms with Crippen molar-refractivity contribution in [1.29, 1.82) is 0 Å². The van der Waals surface area contributed by atoms with Crippen molar-refractivity contribution < 1.29 is 38.1 Å². The van der Waals surface area contributed by atoms with E-state index in [1.54, 1.807) is 53.7 Å². The molecule has 0 radical (unpaired) electrons. The second-order valence-corrected chi connectivity index (χ2v) is 13.5. The summed E-state index contributed by atoms with van der Waals surface area (Å²) in [5.74, 6) is 4.70. The third-order valence-corrected chi connectivity index (χ3v) is 7.90. The van der Waals surface area contributed by atoms with Crippen LogP contribution < -0.4 is 9.47 Å². The summed E-state index contributed by atoms with van der Waals surface area (Å²) in [6, 6.07) is 5.72. The van der Waals surface area contributed by atoms with E-state index in [0.717, 1.165) is 10.4 Å². The van der Waals surface area contributed by atoms with Gasteiger partial charge in [-0.05, 0) is 96.5 Å². The lowest BCUT2D eigenvalue weighted by atomic mass is 9.91. The van der Waals surface area contributed by atoms with Crippen molar-refractivity contribution in [1.82, 2.24) is 14.7 Å². The molecule has 3 rings (SSSR count). The second-order valence-electron chi connectivity index (χ2n) is 12.5. The molecule has 1 aromatic heterocycles. The molecule has 12 heteroatoms. The van der Waals surface area contributed by atoms with Crippen LogP contribution in [0.3, 0.4) is 0 Å². The van der Waals surface area contributed by atoms with Gasteiger partial charge in [0.05, 0.1) is 31.2 Å². The Hall–Kier alpha value is -4.24. The van der Waals surface area contributed by atoms with Gasteiger partial charge >= 0.3 is 23.9 Å². The maximum absolute atomic E-state index is 14.0. The number of carbonyl (C=O) groups is 4. The first-order chi connectivity index (χ1) is 22.2. The first kappa shape index (κ1) is 37.2. The summed E-state index contributed by atoms with van der Waals surface area (Å²) < 4.78 is 22.5. The molecule has 2 aromatic rings. The Bertz CT molecular complexity index is 1470. The van der Waals surface area contributed by atoms with Gasteiger partial charge in [-0.3, -0.25) is 14.5 Å². The van der Waals surface area contributed by atoms with Crippen molar-refractivity contribution in [3.05, 3.63) is 45.6 Å². The zero-order chi connectivity index (χ0) is 34.9. The Balaban J connectivity index is 1.89. The molecule has 1 aromatic carbocycles. The molecule has 1 aliphatic rings. The highest BCUT2D eigenvalue weighted by Crippen LogP contribution is 2.39. The molecule has 2 heterocycles. The number of esters is 1. The highest BCUT2D eigenvalue weighted by Gasteiger charge is 2.42. The second kappa shape index (κ2) is 16.5. The summed E-state index contributed by atoms with van der Waals surface area (Å²) in [6.45, 7) is 14.7. The van der Waals surface area contributed by atoms with Crippen LogP contribution >= 0.6 is 11.3 Å². The van der Waals surface area contributed by atoms with E-state index in [1.165, 1.54) is 33.1 Å². The number of nitrogens with zero attached hydrogens (tertiary/aromatic N) is 3. The number of ether oxygens (including phenoxy) is 4. The van der Waals surface area contributed by atoms with Gasteiger partial charge in [0.15, 0.2) is 17.5 Å². The summed E-state index contributed by atoms with van der Waals surface area (Å²) in [5, 5.41) is 1.92. The molecule has 0 bridgehead atoms. The molecule has 1 unspecified atom stereocenters. The van der Waals surface area contributed by atoms with Crippen LogP contribution in [0.5, 0.6) is 11.5 Å². The minimum atomic E-state index is -1.16. The monoisotopic (exact) mass is 669 g/mol. The summed E-state index contributed by atoms with van der Waals surface area (Å²) in [6.07, 6.45) is -0.364. The summed E-state index contributed by atoms with van der Waals surface area (Å²) >= 11 is 1.49. The fourth-order valence-electron chi connectivity index (χ4n) is 5.03. The lowest BCUT2D eigenvalue weighted by Gasteiger charge is -2.37. The van der Waals surface area contributed by atoms with Gasteiger partial charge in [0, 0.05) is 25.7 Å². The minimum Gasteiger partial charge on any atom is -0.493 e. The zero-order valence-electron chi connectivity index (χ0n) is 28.9. The Morgan fingerprint density at radius 3 is 2.38 bits per heavy atom. The Morgan fingerprint density at radius 1 is 1.09 bits per heavy atom. The van der Waals surface area contributed by atoms with Crippen molar-refractivity contribution in [3.63, 3.8) is 0 Å². The quantitative estimate of drug-likeness (QED) is 0.196. The molecule has 3 amide bonds. The van der Waals surface area contributed by atoms with Crippen LogP contribution in [0.4, 0.5) is 4.79 Å². The van der Waals surface area contributed by atoms with Crippen molar-refractivity contribution in [2.75, 3.05) is 39.9 Å². The minimum absolute atomic E-state index is 0.0419. The normalized spacial score (nSPS) is 14.1. The number of rotatable bonds is 10. The maximum atomic E-state index is 14.0. The molecular formula is C35H47N3O8S. The molecule has 1 aliphatic heterocycles. The van der Waals surface area contributed by atoms with Crippen LogP contribution in [0.2, 0.25) is 0 Å². The number of methoxy groups -OCH3 is 1. The molecule has 0 spiro atoms. The predicted octanol–water partition coefficient (Wildman–Crippen LogP) is 5.06. The zero-order valence-corrected chi connectivity index (χ0v) is 29.7. The molecular weight excluding hydrogens is 622 g/mol. The number of carbonyl (C=O) groups excluding carboxylic acids is 4. The molecule has 11 nitrogen and oxygen atoms in total. The lowest BCUT2D eigenvalue weighted by molar-refractivity contribution is -0.161. The Kier molecular flexibility index (Phi) is 13.1. The van der Waals surface area contributed by atoms with E-state index < -0.39 is 41.6 Å². The van der Waals surface area contributed by atoms with Gasteiger partial charge in [0.25, 0.3) is 0 Å². The lowest BCUT2D eigenvalue weighted by Crippen LogP contribution is -2.53. The molecule has 0 N–H and O–H groups in total. The first-order valence-electron chi connectivity index (χ1n) is 15.8. The summed E-state index contributed by atoms with van der Waals surface area (Å²) in [4.78, 5) is 59.3. The van der Waals surface area contributed by atoms with Gasteiger partial charge in [-0.1, -0.05) is 17.9 Å². The fraction of sp³-hybridized carbons (Fsp3) is 0.543. The highest BCUT2D eigenvalue weighted by molar-refractivity contribution is 7.10. The number of benzene rings is 1. The summed E-state index contributed by atoms with van der Waals surface area (Å²) in [7, 11) is 1.54. The van der Waals surface area contributed by atoms with E-state index in [2.05, 4.69) is 11.8 Å². The van der Waals surface area contributed by atoms with Gasteiger partial charge < -0.3 is 28.7 Å². The Morgan fingerprint density at radius 2 is 1.81 bits per heavy atom. The van der Waals surface area contributed by atoms with Crippen LogP contribution in [0.15, 0.2) is 29.6 Å². The topological polar surface area (TPSA) is 115 Å². The third kappa shape index (κ3) is 10.1. The molecule has 256 valence electrons. The van der Waals surface area contributed by atoms with E-state index in [0.29, 0.717) is 23.5 Å². The number of hydrogen-bond acceptors (Lipinski definition) is 9. The van der Waals surface area contributed by atoms with E-state index in [9.17, 15) is 19.2 Å². The maximum Gasteiger partial charge on any atom is 0.411 e. The smallest absolute Gasteiger partial charge is 0.411 e. The van der Waals surface area contributed by atoms with E-state index in [4.69, 9.17) is 18.9 Å². The van der Waals surface area contributed by atoms with E-state index in [1.807, 2.05) is 31.4 Å². The SMILES string of the molecule is CCOC(=O)C1c2cc(OC(C)C)c(OC)cc2CCN1C(=O)C(=O)N(CCN(CC#Cc1cccs1)C(=O)OC(C)(C)C)C(C)C. The largest absolute Gasteiger partial charge is 0.493 e. The standard InChI is InChI=1S/C35H47N3O8S/c1-10-44-33(41)30-27-22-29(45-24(4)5)28(43-9)21-25(27)15-17-38(30)32(40)31(39)37(23(2)3)19-18-36(34(42)46-35(6,7)8)16-11-13-26-14-12-20-47-26/h12,14,20-24,30H,10,15-19H2,1-9H3. The fourth-order valence-corrected chi connectivity index (χ4v) is 5.62.